The second-order valence-electron chi connectivity index (χ2n) is 6.29. The minimum atomic E-state index is -0.308. The molecule has 1 saturated carbocycles. The third-order valence-corrected chi connectivity index (χ3v) is 3.66. The Hall–Kier alpha value is -1.02. The molecule has 1 aromatic rings. The number of aliphatic hydroxyl groups is 1. The van der Waals surface area contributed by atoms with Crippen LogP contribution in [0.4, 0.5) is 0 Å². The minimum Gasteiger partial charge on any atom is -0.488 e. The quantitative estimate of drug-likeness (QED) is 0.865. The highest BCUT2D eigenvalue weighted by Crippen LogP contribution is 2.28. The zero-order valence-electron chi connectivity index (χ0n) is 11.6. The van der Waals surface area contributed by atoms with E-state index in [1.165, 1.54) is 5.56 Å². The summed E-state index contributed by atoms with van der Waals surface area (Å²) in [6, 6.07) is 8.24. The summed E-state index contributed by atoms with van der Waals surface area (Å²) >= 11 is 0. The lowest BCUT2D eigenvalue weighted by molar-refractivity contribution is 0.00681. The van der Waals surface area contributed by atoms with Gasteiger partial charge in [-0.05, 0) is 42.4 Å². The predicted octanol–water partition coefficient (Wildman–Crippen LogP) is 3.67. The van der Waals surface area contributed by atoms with Gasteiger partial charge in [0.05, 0.1) is 6.10 Å². The summed E-state index contributed by atoms with van der Waals surface area (Å²) in [4.78, 5) is 0. The SMILES string of the molecule is CC(C)(C)c1cccc(OC2CCCCC2O)c1. The Bertz CT molecular complexity index is 392. The van der Waals surface area contributed by atoms with Crippen LogP contribution >= 0.6 is 0 Å². The van der Waals surface area contributed by atoms with E-state index in [0.29, 0.717) is 0 Å². The Balaban J connectivity index is 2.09. The Kier molecular flexibility index (Phi) is 3.96. The number of hydrogen-bond donors (Lipinski definition) is 1. The second-order valence-corrected chi connectivity index (χ2v) is 6.29. The van der Waals surface area contributed by atoms with Gasteiger partial charge in [0.15, 0.2) is 0 Å². The molecule has 1 aliphatic rings. The van der Waals surface area contributed by atoms with Crippen molar-refractivity contribution in [2.45, 2.75) is 64.1 Å². The molecule has 1 fully saturated rings. The molecular formula is C16H24O2. The molecule has 1 aliphatic carbocycles. The van der Waals surface area contributed by atoms with Crippen molar-refractivity contribution in [1.29, 1.82) is 0 Å². The van der Waals surface area contributed by atoms with Crippen molar-refractivity contribution < 1.29 is 9.84 Å². The summed E-state index contributed by atoms with van der Waals surface area (Å²) in [7, 11) is 0. The normalized spacial score (nSPS) is 24.9. The van der Waals surface area contributed by atoms with E-state index in [0.717, 1.165) is 31.4 Å². The zero-order chi connectivity index (χ0) is 13.2. The second kappa shape index (κ2) is 5.31. The van der Waals surface area contributed by atoms with Gasteiger partial charge in [-0.15, -0.1) is 0 Å². The molecule has 2 heteroatoms. The molecule has 2 unspecified atom stereocenters. The standard InChI is InChI=1S/C16H24O2/c1-16(2,3)12-7-6-8-13(11-12)18-15-10-5-4-9-14(15)17/h6-8,11,14-15,17H,4-5,9-10H2,1-3H3. The topological polar surface area (TPSA) is 29.5 Å². The van der Waals surface area contributed by atoms with E-state index in [9.17, 15) is 5.11 Å². The predicted molar refractivity (Wildman–Crippen MR) is 74.0 cm³/mol. The molecule has 0 aromatic heterocycles. The molecule has 0 saturated heterocycles. The molecule has 1 aromatic carbocycles. The first-order valence-corrected chi connectivity index (χ1v) is 6.92. The van der Waals surface area contributed by atoms with Gasteiger partial charge in [-0.3, -0.25) is 0 Å². The number of hydrogen-bond acceptors (Lipinski definition) is 2. The molecule has 0 radical (unpaired) electrons. The van der Waals surface area contributed by atoms with E-state index in [2.05, 4.69) is 32.9 Å². The van der Waals surface area contributed by atoms with E-state index in [1.807, 2.05) is 12.1 Å². The number of rotatable bonds is 2. The molecular weight excluding hydrogens is 224 g/mol. The molecule has 2 rings (SSSR count). The van der Waals surface area contributed by atoms with Crippen molar-refractivity contribution in [2.75, 3.05) is 0 Å². The van der Waals surface area contributed by atoms with Gasteiger partial charge in [0.2, 0.25) is 0 Å². The van der Waals surface area contributed by atoms with E-state index in [4.69, 9.17) is 4.74 Å². The first-order valence-electron chi connectivity index (χ1n) is 6.92. The van der Waals surface area contributed by atoms with Crippen LogP contribution in [0.5, 0.6) is 5.75 Å². The Labute approximate surface area is 110 Å². The van der Waals surface area contributed by atoms with Gasteiger partial charge in [0.1, 0.15) is 11.9 Å². The van der Waals surface area contributed by atoms with Crippen molar-refractivity contribution in [3.8, 4) is 5.75 Å². The molecule has 0 bridgehead atoms. The zero-order valence-corrected chi connectivity index (χ0v) is 11.6. The lowest BCUT2D eigenvalue weighted by Crippen LogP contribution is -2.34. The van der Waals surface area contributed by atoms with Crippen LogP contribution in [0.2, 0.25) is 0 Å². The van der Waals surface area contributed by atoms with Crippen molar-refractivity contribution in [3.05, 3.63) is 29.8 Å². The van der Waals surface area contributed by atoms with Gasteiger partial charge in [0.25, 0.3) is 0 Å². The first-order chi connectivity index (χ1) is 8.47. The molecule has 0 aliphatic heterocycles. The summed E-state index contributed by atoms with van der Waals surface area (Å²) in [5, 5.41) is 9.93. The highest BCUT2D eigenvalue weighted by atomic mass is 16.5. The fourth-order valence-corrected chi connectivity index (χ4v) is 2.43. The maximum absolute atomic E-state index is 9.93. The van der Waals surface area contributed by atoms with E-state index in [1.54, 1.807) is 0 Å². The van der Waals surface area contributed by atoms with Crippen molar-refractivity contribution in [2.24, 2.45) is 0 Å². The minimum absolute atomic E-state index is 0.0334. The third-order valence-electron chi connectivity index (χ3n) is 3.66. The van der Waals surface area contributed by atoms with Crippen LogP contribution in [0.1, 0.15) is 52.0 Å². The molecule has 100 valence electrons. The van der Waals surface area contributed by atoms with Crippen molar-refractivity contribution in [3.63, 3.8) is 0 Å². The lowest BCUT2D eigenvalue weighted by Gasteiger charge is -2.29. The number of aliphatic hydroxyl groups excluding tert-OH is 1. The van der Waals surface area contributed by atoms with Gasteiger partial charge in [0, 0.05) is 0 Å². The summed E-state index contributed by atoms with van der Waals surface area (Å²) in [5.41, 5.74) is 1.40. The highest BCUT2D eigenvalue weighted by molar-refractivity contribution is 5.32. The van der Waals surface area contributed by atoms with Crippen LogP contribution in [0.3, 0.4) is 0 Å². The van der Waals surface area contributed by atoms with Gasteiger partial charge in [-0.1, -0.05) is 39.3 Å². The maximum atomic E-state index is 9.93. The molecule has 2 atom stereocenters. The molecule has 1 N–H and O–H groups in total. The third kappa shape index (κ3) is 3.26. The maximum Gasteiger partial charge on any atom is 0.124 e. The molecule has 0 heterocycles. The van der Waals surface area contributed by atoms with Gasteiger partial charge < -0.3 is 9.84 Å². The summed E-state index contributed by atoms with van der Waals surface area (Å²) in [6.45, 7) is 6.59. The van der Waals surface area contributed by atoms with E-state index in [-0.39, 0.29) is 17.6 Å². The summed E-state index contributed by atoms with van der Waals surface area (Å²) < 4.78 is 5.95. The molecule has 0 amide bonds. The van der Waals surface area contributed by atoms with Crippen molar-refractivity contribution in [1.82, 2.24) is 0 Å². The van der Waals surface area contributed by atoms with Crippen LogP contribution in [0.15, 0.2) is 24.3 Å². The number of ether oxygens (including phenoxy) is 1. The van der Waals surface area contributed by atoms with Crippen LogP contribution in [-0.2, 0) is 5.41 Å². The largest absolute Gasteiger partial charge is 0.488 e. The molecule has 0 spiro atoms. The van der Waals surface area contributed by atoms with Crippen LogP contribution in [0, 0.1) is 0 Å². The molecule has 18 heavy (non-hydrogen) atoms. The average Bonchev–Trinajstić information content (AvgIpc) is 2.31. The van der Waals surface area contributed by atoms with Crippen LogP contribution in [0.25, 0.3) is 0 Å². The summed E-state index contributed by atoms with van der Waals surface area (Å²) in [5.74, 6) is 0.883. The average molecular weight is 248 g/mol. The van der Waals surface area contributed by atoms with E-state index >= 15 is 0 Å². The van der Waals surface area contributed by atoms with Gasteiger partial charge in [-0.2, -0.15) is 0 Å². The Morgan fingerprint density at radius 2 is 1.89 bits per heavy atom. The van der Waals surface area contributed by atoms with E-state index < -0.39 is 0 Å². The summed E-state index contributed by atoms with van der Waals surface area (Å²) in [6.07, 6.45) is 3.75. The van der Waals surface area contributed by atoms with Gasteiger partial charge >= 0.3 is 0 Å². The van der Waals surface area contributed by atoms with Gasteiger partial charge in [-0.25, -0.2) is 0 Å². The first kappa shape index (κ1) is 13.4. The van der Waals surface area contributed by atoms with Crippen LogP contribution in [-0.4, -0.2) is 17.3 Å². The molecule has 2 nitrogen and oxygen atoms in total. The highest BCUT2D eigenvalue weighted by Gasteiger charge is 2.25. The Morgan fingerprint density at radius 1 is 1.17 bits per heavy atom. The lowest BCUT2D eigenvalue weighted by atomic mass is 9.87. The van der Waals surface area contributed by atoms with Crippen LogP contribution < -0.4 is 4.74 Å². The fourth-order valence-electron chi connectivity index (χ4n) is 2.43. The van der Waals surface area contributed by atoms with Crippen molar-refractivity contribution >= 4 is 0 Å². The Morgan fingerprint density at radius 3 is 2.56 bits per heavy atom. The number of benzene rings is 1. The fraction of sp³-hybridized carbons (Fsp3) is 0.625. The monoisotopic (exact) mass is 248 g/mol. The smallest absolute Gasteiger partial charge is 0.124 e.